The van der Waals surface area contributed by atoms with Crippen molar-refractivity contribution in [2.75, 3.05) is 19.6 Å². The first kappa shape index (κ1) is 11.0. The van der Waals surface area contributed by atoms with Crippen LogP contribution in [0.2, 0.25) is 0 Å². The molecule has 0 saturated carbocycles. The molecular formula is C11H16N4O. The lowest BCUT2D eigenvalue weighted by molar-refractivity contribution is -0.125. The molecule has 0 aromatic carbocycles. The van der Waals surface area contributed by atoms with E-state index in [1.165, 1.54) is 0 Å². The van der Waals surface area contributed by atoms with Crippen molar-refractivity contribution in [2.45, 2.75) is 12.6 Å². The molecule has 5 heteroatoms. The first-order valence-electron chi connectivity index (χ1n) is 5.39. The van der Waals surface area contributed by atoms with Crippen molar-refractivity contribution >= 4 is 5.91 Å². The highest BCUT2D eigenvalue weighted by Crippen LogP contribution is 2.05. The fraction of sp³-hybridized carbons (Fsp3) is 0.455. The molecule has 1 aromatic rings. The Hall–Kier alpha value is -1.46. The topological polar surface area (TPSA) is 71.2 Å². The normalized spacial score (nSPS) is 21.8. The van der Waals surface area contributed by atoms with Gasteiger partial charge in [-0.25, -0.2) is 0 Å². The van der Waals surface area contributed by atoms with Crippen LogP contribution in [0.3, 0.4) is 0 Å². The van der Waals surface area contributed by atoms with Crippen molar-refractivity contribution in [3.63, 3.8) is 0 Å². The third-order valence-electron chi connectivity index (χ3n) is 2.61. The molecule has 3 N–H and O–H groups in total. The van der Waals surface area contributed by atoms with Gasteiger partial charge in [-0.15, -0.1) is 0 Å². The van der Waals surface area contributed by atoms with Gasteiger partial charge in [0.15, 0.2) is 0 Å². The molecule has 1 aromatic heterocycles. The van der Waals surface area contributed by atoms with E-state index in [0.29, 0.717) is 19.6 Å². The number of carbonyl (C=O) groups is 1. The van der Waals surface area contributed by atoms with E-state index in [4.69, 9.17) is 5.73 Å². The second kappa shape index (κ2) is 5.05. The predicted molar refractivity (Wildman–Crippen MR) is 60.5 cm³/mol. The largest absolute Gasteiger partial charge is 0.350 e. The average Bonchev–Trinajstić information content (AvgIpc) is 2.29. The van der Waals surface area contributed by atoms with Gasteiger partial charge in [-0.3, -0.25) is 14.7 Å². The number of amides is 1. The van der Waals surface area contributed by atoms with Crippen molar-refractivity contribution in [3.8, 4) is 0 Å². The molecule has 2 heterocycles. The number of carbonyl (C=O) groups excluding carboxylic acids is 1. The number of hydrogen-bond acceptors (Lipinski definition) is 4. The van der Waals surface area contributed by atoms with E-state index in [1.54, 1.807) is 6.20 Å². The van der Waals surface area contributed by atoms with Gasteiger partial charge in [0.1, 0.15) is 0 Å². The van der Waals surface area contributed by atoms with Gasteiger partial charge in [0.25, 0.3) is 0 Å². The van der Waals surface area contributed by atoms with Crippen LogP contribution < -0.4 is 11.1 Å². The molecule has 0 radical (unpaired) electrons. The molecule has 0 bridgehead atoms. The number of nitrogens with two attached hydrogens (primary N) is 1. The minimum Gasteiger partial charge on any atom is -0.350 e. The summed E-state index contributed by atoms with van der Waals surface area (Å²) in [4.78, 5) is 17.7. The Balaban J connectivity index is 1.97. The number of piperazine rings is 1. The van der Waals surface area contributed by atoms with Gasteiger partial charge in [0, 0.05) is 25.8 Å². The number of rotatable bonds is 3. The molecule has 1 fully saturated rings. The number of aromatic nitrogens is 1. The first-order valence-corrected chi connectivity index (χ1v) is 5.39. The maximum Gasteiger partial charge on any atom is 0.234 e. The summed E-state index contributed by atoms with van der Waals surface area (Å²) >= 11 is 0. The summed E-state index contributed by atoms with van der Waals surface area (Å²) in [5.74, 6) is 0.0395. The number of pyridine rings is 1. The van der Waals surface area contributed by atoms with Crippen LogP contribution in [0.25, 0.3) is 0 Å². The van der Waals surface area contributed by atoms with Crippen molar-refractivity contribution in [3.05, 3.63) is 30.1 Å². The lowest BCUT2D eigenvalue weighted by atomic mass is 10.2. The van der Waals surface area contributed by atoms with E-state index < -0.39 is 0 Å². The summed E-state index contributed by atoms with van der Waals surface area (Å²) in [5, 5.41) is 2.86. The summed E-state index contributed by atoms with van der Waals surface area (Å²) < 4.78 is 0. The molecule has 1 amide bonds. The number of nitrogens with one attached hydrogen (secondary N) is 1. The minimum absolute atomic E-state index is 0.0395. The molecule has 0 spiro atoms. The number of nitrogens with zero attached hydrogens (tertiary/aromatic N) is 2. The van der Waals surface area contributed by atoms with E-state index in [1.807, 2.05) is 18.2 Å². The van der Waals surface area contributed by atoms with Gasteiger partial charge < -0.3 is 11.1 Å². The third kappa shape index (κ3) is 2.77. The molecule has 2 rings (SSSR count). The Kier molecular flexibility index (Phi) is 3.48. The van der Waals surface area contributed by atoms with Crippen LogP contribution in [0.4, 0.5) is 0 Å². The molecule has 1 unspecified atom stereocenters. The van der Waals surface area contributed by atoms with Crippen molar-refractivity contribution in [1.29, 1.82) is 0 Å². The second-order valence-corrected chi connectivity index (χ2v) is 3.99. The molecule has 1 atom stereocenters. The quantitative estimate of drug-likeness (QED) is 0.709. The molecule has 86 valence electrons. The summed E-state index contributed by atoms with van der Waals surface area (Å²) in [6.45, 7) is 2.39. The van der Waals surface area contributed by atoms with Gasteiger partial charge >= 0.3 is 0 Å². The first-order chi connectivity index (χ1) is 7.78. The molecule has 0 aliphatic carbocycles. The smallest absolute Gasteiger partial charge is 0.234 e. The molecular weight excluding hydrogens is 204 g/mol. The standard InChI is InChI=1S/C11H16N4O/c12-5-10-7-15(8-11(16)14-10)6-9-3-1-2-4-13-9/h1-4,10H,5-8,12H2,(H,14,16). The SMILES string of the molecule is NCC1CN(Cc2ccccn2)CC(=O)N1. The molecule has 1 saturated heterocycles. The van der Waals surface area contributed by atoms with Gasteiger partial charge in [0.2, 0.25) is 5.91 Å². The van der Waals surface area contributed by atoms with E-state index in [2.05, 4.69) is 15.2 Å². The Labute approximate surface area is 94.6 Å². The molecule has 16 heavy (non-hydrogen) atoms. The van der Waals surface area contributed by atoms with Gasteiger partial charge in [0.05, 0.1) is 18.3 Å². The Morgan fingerprint density at radius 2 is 2.44 bits per heavy atom. The fourth-order valence-electron chi connectivity index (χ4n) is 1.87. The zero-order chi connectivity index (χ0) is 11.4. The number of hydrogen-bond donors (Lipinski definition) is 2. The van der Waals surface area contributed by atoms with Crippen molar-refractivity contribution in [1.82, 2.24) is 15.2 Å². The highest BCUT2D eigenvalue weighted by Gasteiger charge is 2.23. The van der Waals surface area contributed by atoms with E-state index in [9.17, 15) is 4.79 Å². The lowest BCUT2D eigenvalue weighted by Gasteiger charge is -2.32. The average molecular weight is 220 g/mol. The van der Waals surface area contributed by atoms with Crippen LogP contribution in [0.15, 0.2) is 24.4 Å². The highest BCUT2D eigenvalue weighted by atomic mass is 16.2. The van der Waals surface area contributed by atoms with Crippen molar-refractivity contribution in [2.24, 2.45) is 5.73 Å². The van der Waals surface area contributed by atoms with E-state index >= 15 is 0 Å². The maximum absolute atomic E-state index is 11.4. The van der Waals surface area contributed by atoms with Gasteiger partial charge in [-0.1, -0.05) is 6.07 Å². The van der Waals surface area contributed by atoms with Gasteiger partial charge in [-0.2, -0.15) is 0 Å². The van der Waals surface area contributed by atoms with Crippen LogP contribution >= 0.6 is 0 Å². The molecule has 5 nitrogen and oxygen atoms in total. The Bertz CT molecular complexity index is 354. The Morgan fingerprint density at radius 3 is 3.12 bits per heavy atom. The summed E-state index contributed by atoms with van der Waals surface area (Å²) in [7, 11) is 0. The fourth-order valence-corrected chi connectivity index (χ4v) is 1.87. The zero-order valence-corrected chi connectivity index (χ0v) is 9.10. The summed E-state index contributed by atoms with van der Waals surface area (Å²) in [6.07, 6.45) is 1.76. The van der Waals surface area contributed by atoms with Crippen LogP contribution in [0.5, 0.6) is 0 Å². The second-order valence-electron chi connectivity index (χ2n) is 3.99. The zero-order valence-electron chi connectivity index (χ0n) is 9.10. The highest BCUT2D eigenvalue weighted by molar-refractivity contribution is 5.79. The molecule has 1 aliphatic heterocycles. The van der Waals surface area contributed by atoms with Crippen molar-refractivity contribution < 1.29 is 4.79 Å². The minimum atomic E-state index is 0.0395. The van der Waals surface area contributed by atoms with Crippen LogP contribution in [0, 0.1) is 0 Å². The van der Waals surface area contributed by atoms with E-state index in [-0.39, 0.29) is 11.9 Å². The van der Waals surface area contributed by atoms with Crippen LogP contribution in [-0.4, -0.2) is 41.5 Å². The third-order valence-corrected chi connectivity index (χ3v) is 2.61. The van der Waals surface area contributed by atoms with Gasteiger partial charge in [-0.05, 0) is 12.1 Å². The summed E-state index contributed by atoms with van der Waals surface area (Å²) in [5.41, 5.74) is 6.54. The predicted octanol–water partition coefficient (Wildman–Crippen LogP) is -0.659. The van der Waals surface area contributed by atoms with Crippen LogP contribution in [-0.2, 0) is 11.3 Å². The molecule has 1 aliphatic rings. The lowest BCUT2D eigenvalue weighted by Crippen LogP contribution is -2.56. The monoisotopic (exact) mass is 220 g/mol. The Morgan fingerprint density at radius 1 is 1.56 bits per heavy atom. The maximum atomic E-state index is 11.4. The summed E-state index contributed by atoms with van der Waals surface area (Å²) in [6, 6.07) is 5.86. The van der Waals surface area contributed by atoms with E-state index in [0.717, 1.165) is 12.2 Å². The van der Waals surface area contributed by atoms with Crippen LogP contribution in [0.1, 0.15) is 5.69 Å².